The zero-order valence-electron chi connectivity index (χ0n) is 11.8. The van der Waals surface area contributed by atoms with Crippen molar-refractivity contribution in [1.29, 1.82) is 5.26 Å². The maximum Gasteiger partial charge on any atom is 0.146 e. The highest BCUT2D eigenvalue weighted by molar-refractivity contribution is 5.53. The molecule has 1 aromatic heterocycles. The average molecular weight is 258 g/mol. The summed E-state index contributed by atoms with van der Waals surface area (Å²) in [7, 11) is 0. The molecule has 0 amide bonds. The Morgan fingerprint density at radius 2 is 2.16 bits per heavy atom. The molecular weight excluding hydrogens is 236 g/mol. The van der Waals surface area contributed by atoms with Gasteiger partial charge in [0.1, 0.15) is 11.9 Å². The number of nitrogens with zero attached hydrogens (tertiary/aromatic N) is 4. The van der Waals surface area contributed by atoms with Gasteiger partial charge in [0.15, 0.2) is 0 Å². The molecule has 0 unspecified atom stereocenters. The number of aromatic nitrogens is 1. The van der Waals surface area contributed by atoms with E-state index in [1.54, 1.807) is 6.20 Å². The summed E-state index contributed by atoms with van der Waals surface area (Å²) >= 11 is 0. The fraction of sp³-hybridized carbons (Fsp3) is 0.600. The third-order valence-electron chi connectivity index (χ3n) is 3.42. The maximum atomic E-state index is 9.16. The molecule has 1 aliphatic rings. The van der Waals surface area contributed by atoms with Gasteiger partial charge >= 0.3 is 0 Å². The van der Waals surface area contributed by atoms with Crippen LogP contribution in [0.3, 0.4) is 0 Å². The Hall–Kier alpha value is -1.60. The molecule has 0 atom stereocenters. The van der Waals surface area contributed by atoms with Gasteiger partial charge < -0.3 is 9.80 Å². The van der Waals surface area contributed by atoms with Crippen LogP contribution in [0.2, 0.25) is 0 Å². The molecular formula is C15H22N4. The van der Waals surface area contributed by atoms with Crippen LogP contribution in [0, 0.1) is 17.2 Å². The van der Waals surface area contributed by atoms with E-state index < -0.39 is 0 Å². The van der Waals surface area contributed by atoms with Crippen LogP contribution < -0.4 is 4.90 Å². The van der Waals surface area contributed by atoms with E-state index in [-0.39, 0.29) is 0 Å². The molecule has 0 saturated carbocycles. The molecule has 19 heavy (non-hydrogen) atoms. The van der Waals surface area contributed by atoms with Gasteiger partial charge in [-0.2, -0.15) is 5.26 Å². The SMILES string of the molecule is CC(C)CN1CCCN(c2ncccc2C#N)CC1. The van der Waals surface area contributed by atoms with Gasteiger partial charge in [0, 0.05) is 32.4 Å². The highest BCUT2D eigenvalue weighted by atomic mass is 15.2. The van der Waals surface area contributed by atoms with Gasteiger partial charge in [0.2, 0.25) is 0 Å². The molecule has 0 bridgehead atoms. The number of rotatable bonds is 3. The second kappa shape index (κ2) is 6.53. The Kier molecular flexibility index (Phi) is 4.75. The van der Waals surface area contributed by atoms with Gasteiger partial charge in [0.25, 0.3) is 0 Å². The van der Waals surface area contributed by atoms with Crippen LogP contribution in [0.5, 0.6) is 0 Å². The molecule has 1 saturated heterocycles. The first kappa shape index (κ1) is 13.8. The highest BCUT2D eigenvalue weighted by Gasteiger charge is 2.18. The summed E-state index contributed by atoms with van der Waals surface area (Å²) in [6, 6.07) is 5.91. The van der Waals surface area contributed by atoms with Crippen molar-refractivity contribution in [1.82, 2.24) is 9.88 Å². The quantitative estimate of drug-likeness (QED) is 0.833. The van der Waals surface area contributed by atoms with Crippen molar-refractivity contribution < 1.29 is 0 Å². The van der Waals surface area contributed by atoms with Crippen molar-refractivity contribution in [3.8, 4) is 6.07 Å². The van der Waals surface area contributed by atoms with E-state index in [0.717, 1.165) is 45.0 Å². The lowest BCUT2D eigenvalue weighted by Crippen LogP contribution is -2.33. The first-order valence-corrected chi connectivity index (χ1v) is 7.03. The van der Waals surface area contributed by atoms with Gasteiger partial charge in [-0.05, 0) is 31.0 Å². The Bertz CT molecular complexity index is 450. The summed E-state index contributed by atoms with van der Waals surface area (Å²) in [6.07, 6.45) is 2.90. The van der Waals surface area contributed by atoms with E-state index in [1.807, 2.05) is 12.1 Å². The third-order valence-corrected chi connectivity index (χ3v) is 3.42. The van der Waals surface area contributed by atoms with Crippen molar-refractivity contribution in [2.24, 2.45) is 5.92 Å². The van der Waals surface area contributed by atoms with Crippen LogP contribution in [-0.4, -0.2) is 42.6 Å². The highest BCUT2D eigenvalue weighted by Crippen LogP contribution is 2.18. The standard InChI is InChI=1S/C15H22N4/c1-13(2)12-18-7-4-8-19(10-9-18)15-14(11-16)5-3-6-17-15/h3,5-6,13H,4,7-10,12H2,1-2H3. The maximum absolute atomic E-state index is 9.16. The van der Waals surface area contributed by atoms with Crippen LogP contribution in [0.4, 0.5) is 5.82 Å². The number of nitriles is 1. The van der Waals surface area contributed by atoms with Crippen LogP contribution in [0.25, 0.3) is 0 Å². The topological polar surface area (TPSA) is 43.2 Å². The molecule has 2 heterocycles. The predicted octanol–water partition coefficient (Wildman–Crippen LogP) is 2.12. The number of hydrogen-bond acceptors (Lipinski definition) is 4. The van der Waals surface area contributed by atoms with Crippen molar-refractivity contribution in [3.05, 3.63) is 23.9 Å². The van der Waals surface area contributed by atoms with Gasteiger partial charge in [0.05, 0.1) is 5.56 Å². The Labute approximate surface area is 115 Å². The molecule has 0 N–H and O–H groups in total. The second-order valence-electron chi connectivity index (χ2n) is 5.52. The minimum atomic E-state index is 0.680. The van der Waals surface area contributed by atoms with Gasteiger partial charge in [-0.1, -0.05) is 13.8 Å². The lowest BCUT2D eigenvalue weighted by molar-refractivity contribution is 0.261. The van der Waals surface area contributed by atoms with E-state index in [4.69, 9.17) is 5.26 Å². The molecule has 2 rings (SSSR count). The van der Waals surface area contributed by atoms with E-state index >= 15 is 0 Å². The normalized spacial score (nSPS) is 17.3. The van der Waals surface area contributed by atoms with Crippen molar-refractivity contribution in [2.45, 2.75) is 20.3 Å². The van der Waals surface area contributed by atoms with Crippen LogP contribution in [0.15, 0.2) is 18.3 Å². The van der Waals surface area contributed by atoms with E-state index in [2.05, 4.69) is 34.7 Å². The molecule has 0 aliphatic carbocycles. The summed E-state index contributed by atoms with van der Waals surface area (Å²) in [6.45, 7) is 9.81. The lowest BCUT2D eigenvalue weighted by atomic mass is 10.2. The minimum Gasteiger partial charge on any atom is -0.354 e. The first-order chi connectivity index (χ1) is 9.20. The Morgan fingerprint density at radius 1 is 1.32 bits per heavy atom. The summed E-state index contributed by atoms with van der Waals surface area (Å²) in [5.74, 6) is 1.55. The van der Waals surface area contributed by atoms with E-state index in [0.29, 0.717) is 11.5 Å². The molecule has 4 heteroatoms. The largest absolute Gasteiger partial charge is 0.354 e. The average Bonchev–Trinajstić information content (AvgIpc) is 2.63. The van der Waals surface area contributed by atoms with Crippen molar-refractivity contribution in [3.63, 3.8) is 0 Å². The van der Waals surface area contributed by atoms with E-state index in [9.17, 15) is 0 Å². The Balaban J connectivity index is 2.05. The van der Waals surface area contributed by atoms with Crippen LogP contribution in [0.1, 0.15) is 25.8 Å². The molecule has 0 radical (unpaired) electrons. The second-order valence-corrected chi connectivity index (χ2v) is 5.52. The predicted molar refractivity (Wildman–Crippen MR) is 77.1 cm³/mol. The summed E-state index contributed by atoms with van der Waals surface area (Å²) in [5, 5.41) is 9.16. The van der Waals surface area contributed by atoms with Gasteiger partial charge in [-0.3, -0.25) is 0 Å². The van der Waals surface area contributed by atoms with Crippen molar-refractivity contribution in [2.75, 3.05) is 37.6 Å². The fourth-order valence-electron chi connectivity index (χ4n) is 2.62. The van der Waals surface area contributed by atoms with Gasteiger partial charge in [-0.15, -0.1) is 0 Å². The summed E-state index contributed by atoms with van der Waals surface area (Å²) in [5.41, 5.74) is 0.680. The van der Waals surface area contributed by atoms with Gasteiger partial charge in [-0.25, -0.2) is 4.98 Å². The molecule has 0 aromatic carbocycles. The summed E-state index contributed by atoms with van der Waals surface area (Å²) in [4.78, 5) is 9.15. The number of pyridine rings is 1. The molecule has 1 aromatic rings. The zero-order valence-corrected chi connectivity index (χ0v) is 11.8. The number of anilines is 1. The monoisotopic (exact) mass is 258 g/mol. The van der Waals surface area contributed by atoms with E-state index in [1.165, 1.54) is 0 Å². The minimum absolute atomic E-state index is 0.680. The van der Waals surface area contributed by atoms with Crippen LogP contribution >= 0.6 is 0 Å². The first-order valence-electron chi connectivity index (χ1n) is 7.03. The van der Waals surface area contributed by atoms with Crippen molar-refractivity contribution >= 4 is 5.82 Å². The lowest BCUT2D eigenvalue weighted by Gasteiger charge is -2.24. The molecule has 0 spiro atoms. The van der Waals surface area contributed by atoms with Crippen LogP contribution in [-0.2, 0) is 0 Å². The molecule has 4 nitrogen and oxygen atoms in total. The molecule has 1 fully saturated rings. The molecule has 102 valence electrons. The molecule has 1 aliphatic heterocycles. The number of hydrogen-bond donors (Lipinski definition) is 0. The summed E-state index contributed by atoms with van der Waals surface area (Å²) < 4.78 is 0. The zero-order chi connectivity index (χ0) is 13.7. The third kappa shape index (κ3) is 3.68. The fourth-order valence-corrected chi connectivity index (χ4v) is 2.62. The Morgan fingerprint density at radius 3 is 2.89 bits per heavy atom. The smallest absolute Gasteiger partial charge is 0.146 e.